The highest BCUT2D eigenvalue weighted by atomic mass is 35.5. The fraction of sp³-hybridized carbons (Fsp3) is 0.353. The van der Waals surface area contributed by atoms with Gasteiger partial charge in [0.2, 0.25) is 0 Å². The van der Waals surface area contributed by atoms with Crippen LogP contribution < -0.4 is 5.32 Å². The van der Waals surface area contributed by atoms with Crippen molar-refractivity contribution in [2.75, 3.05) is 0 Å². The molecule has 0 amide bonds. The van der Waals surface area contributed by atoms with E-state index in [9.17, 15) is 4.79 Å². The second-order valence-corrected chi connectivity index (χ2v) is 6.08. The van der Waals surface area contributed by atoms with Gasteiger partial charge in [-0.05, 0) is 36.6 Å². The van der Waals surface area contributed by atoms with E-state index >= 15 is 0 Å². The zero-order chi connectivity index (χ0) is 16.3. The maximum Gasteiger partial charge on any atom is 0.320 e. The SMILES string of the molecule is Cc1ccc(-c2ccc(CNC(C(=O)O)C(C)C)o2)cc1Cl. The average molecular weight is 322 g/mol. The van der Waals surface area contributed by atoms with Crippen LogP contribution in [0.2, 0.25) is 5.02 Å². The number of aliphatic carboxylic acids is 1. The number of benzene rings is 1. The highest BCUT2D eigenvalue weighted by Gasteiger charge is 2.21. The van der Waals surface area contributed by atoms with Gasteiger partial charge in [0.25, 0.3) is 0 Å². The van der Waals surface area contributed by atoms with Gasteiger partial charge in [-0.3, -0.25) is 10.1 Å². The quantitative estimate of drug-likeness (QED) is 0.840. The molecule has 0 radical (unpaired) electrons. The van der Waals surface area contributed by atoms with Crippen LogP contribution in [-0.2, 0) is 11.3 Å². The minimum Gasteiger partial charge on any atom is -0.480 e. The highest BCUT2D eigenvalue weighted by molar-refractivity contribution is 6.31. The number of nitrogens with one attached hydrogen (secondary N) is 1. The van der Waals surface area contributed by atoms with Crippen molar-refractivity contribution >= 4 is 17.6 Å². The van der Waals surface area contributed by atoms with Crippen molar-refractivity contribution in [1.82, 2.24) is 5.32 Å². The number of hydrogen-bond acceptors (Lipinski definition) is 3. The van der Waals surface area contributed by atoms with Crippen LogP contribution in [0, 0.1) is 12.8 Å². The Labute approximate surface area is 135 Å². The molecule has 0 saturated heterocycles. The van der Waals surface area contributed by atoms with Crippen LogP contribution in [0.15, 0.2) is 34.7 Å². The molecule has 0 aliphatic heterocycles. The van der Waals surface area contributed by atoms with Crippen molar-refractivity contribution in [2.24, 2.45) is 5.92 Å². The first kappa shape index (κ1) is 16.6. The Hall–Kier alpha value is -1.78. The molecule has 118 valence electrons. The molecule has 0 fully saturated rings. The topological polar surface area (TPSA) is 62.5 Å². The van der Waals surface area contributed by atoms with Crippen LogP contribution in [0.3, 0.4) is 0 Å². The molecule has 0 aliphatic rings. The minimum absolute atomic E-state index is 0.00263. The van der Waals surface area contributed by atoms with E-state index in [2.05, 4.69) is 5.32 Å². The fourth-order valence-corrected chi connectivity index (χ4v) is 2.37. The number of rotatable bonds is 6. The number of hydrogen-bond donors (Lipinski definition) is 2. The number of aryl methyl sites for hydroxylation is 1. The standard InChI is InChI=1S/C17H20ClNO3/c1-10(2)16(17(20)21)19-9-13-6-7-15(22-13)12-5-4-11(3)14(18)8-12/h4-8,10,16,19H,9H2,1-3H3,(H,20,21). The van der Waals surface area contributed by atoms with Gasteiger partial charge in [-0.25, -0.2) is 0 Å². The zero-order valence-electron chi connectivity index (χ0n) is 12.9. The van der Waals surface area contributed by atoms with E-state index in [0.29, 0.717) is 17.3 Å². The molecule has 1 aromatic heterocycles. The summed E-state index contributed by atoms with van der Waals surface area (Å²) in [6.07, 6.45) is 0. The van der Waals surface area contributed by atoms with Crippen molar-refractivity contribution in [1.29, 1.82) is 0 Å². The summed E-state index contributed by atoms with van der Waals surface area (Å²) in [7, 11) is 0. The summed E-state index contributed by atoms with van der Waals surface area (Å²) in [6.45, 7) is 6.05. The number of carboxylic acid groups (broad SMARTS) is 1. The summed E-state index contributed by atoms with van der Waals surface area (Å²) in [6, 6.07) is 8.87. The van der Waals surface area contributed by atoms with Gasteiger partial charge >= 0.3 is 5.97 Å². The van der Waals surface area contributed by atoms with E-state index in [1.165, 1.54) is 0 Å². The molecule has 22 heavy (non-hydrogen) atoms. The Kier molecular flexibility index (Phi) is 5.27. The van der Waals surface area contributed by atoms with E-state index < -0.39 is 12.0 Å². The first-order valence-corrected chi connectivity index (χ1v) is 7.57. The third-order valence-electron chi connectivity index (χ3n) is 3.55. The van der Waals surface area contributed by atoms with Gasteiger partial charge in [0.15, 0.2) is 0 Å². The first-order chi connectivity index (χ1) is 10.4. The molecule has 1 aromatic carbocycles. The Morgan fingerprint density at radius 3 is 2.64 bits per heavy atom. The molecule has 2 N–H and O–H groups in total. The van der Waals surface area contributed by atoms with Gasteiger partial charge < -0.3 is 9.52 Å². The Morgan fingerprint density at radius 1 is 1.32 bits per heavy atom. The molecule has 0 bridgehead atoms. The Balaban J connectivity index is 2.08. The molecule has 0 aliphatic carbocycles. The van der Waals surface area contributed by atoms with Crippen LogP contribution in [0.5, 0.6) is 0 Å². The Morgan fingerprint density at radius 2 is 2.05 bits per heavy atom. The maximum atomic E-state index is 11.2. The van der Waals surface area contributed by atoms with Gasteiger partial charge in [-0.1, -0.05) is 37.6 Å². The molecule has 5 heteroatoms. The summed E-state index contributed by atoms with van der Waals surface area (Å²) >= 11 is 6.12. The summed E-state index contributed by atoms with van der Waals surface area (Å²) in [5.41, 5.74) is 1.92. The second-order valence-electron chi connectivity index (χ2n) is 5.67. The van der Waals surface area contributed by atoms with E-state index in [4.69, 9.17) is 21.1 Å². The lowest BCUT2D eigenvalue weighted by Gasteiger charge is -2.16. The molecule has 1 unspecified atom stereocenters. The van der Waals surface area contributed by atoms with Crippen LogP contribution in [0.4, 0.5) is 0 Å². The lowest BCUT2D eigenvalue weighted by atomic mass is 10.1. The maximum absolute atomic E-state index is 11.2. The number of carboxylic acids is 1. The van der Waals surface area contributed by atoms with Gasteiger partial charge in [0.05, 0.1) is 6.54 Å². The van der Waals surface area contributed by atoms with Gasteiger partial charge in [0, 0.05) is 10.6 Å². The molecule has 4 nitrogen and oxygen atoms in total. The minimum atomic E-state index is -0.855. The van der Waals surface area contributed by atoms with E-state index in [0.717, 1.165) is 16.9 Å². The zero-order valence-corrected chi connectivity index (χ0v) is 13.6. The van der Waals surface area contributed by atoms with Crippen molar-refractivity contribution in [3.05, 3.63) is 46.7 Å². The van der Waals surface area contributed by atoms with E-state index in [-0.39, 0.29) is 5.92 Å². The third-order valence-corrected chi connectivity index (χ3v) is 3.95. The Bertz CT molecular complexity index is 664. The fourth-order valence-electron chi connectivity index (χ4n) is 2.19. The van der Waals surface area contributed by atoms with Crippen LogP contribution in [0.1, 0.15) is 25.2 Å². The van der Waals surface area contributed by atoms with Crippen molar-refractivity contribution in [3.63, 3.8) is 0 Å². The number of furan rings is 1. The van der Waals surface area contributed by atoms with E-state index in [1.54, 1.807) is 0 Å². The molecule has 0 spiro atoms. The molecule has 2 rings (SSSR count). The van der Waals surface area contributed by atoms with E-state index in [1.807, 2.05) is 51.1 Å². The smallest absolute Gasteiger partial charge is 0.320 e. The summed E-state index contributed by atoms with van der Waals surface area (Å²) < 4.78 is 5.76. The van der Waals surface area contributed by atoms with Crippen molar-refractivity contribution in [2.45, 2.75) is 33.4 Å². The number of halogens is 1. The average Bonchev–Trinajstić information content (AvgIpc) is 2.90. The van der Waals surface area contributed by atoms with Crippen LogP contribution in [0.25, 0.3) is 11.3 Å². The van der Waals surface area contributed by atoms with Gasteiger partial charge in [-0.2, -0.15) is 0 Å². The highest BCUT2D eigenvalue weighted by Crippen LogP contribution is 2.27. The predicted molar refractivity (Wildman–Crippen MR) is 87.0 cm³/mol. The monoisotopic (exact) mass is 321 g/mol. The molecular formula is C17H20ClNO3. The molecular weight excluding hydrogens is 302 g/mol. The third kappa shape index (κ3) is 3.90. The largest absolute Gasteiger partial charge is 0.480 e. The number of carbonyl (C=O) groups is 1. The summed E-state index contributed by atoms with van der Waals surface area (Å²) in [5.74, 6) is 0.559. The normalized spacial score (nSPS) is 12.6. The summed E-state index contributed by atoms with van der Waals surface area (Å²) in [4.78, 5) is 11.2. The lowest BCUT2D eigenvalue weighted by Crippen LogP contribution is -2.40. The van der Waals surface area contributed by atoms with Crippen LogP contribution in [-0.4, -0.2) is 17.1 Å². The molecule has 2 aromatic rings. The molecule has 1 atom stereocenters. The molecule has 1 heterocycles. The van der Waals surface area contributed by atoms with Crippen molar-refractivity contribution in [3.8, 4) is 11.3 Å². The lowest BCUT2D eigenvalue weighted by molar-refractivity contribution is -0.140. The first-order valence-electron chi connectivity index (χ1n) is 7.20. The second kappa shape index (κ2) is 6.99. The van der Waals surface area contributed by atoms with Crippen LogP contribution >= 0.6 is 11.6 Å². The molecule has 0 saturated carbocycles. The van der Waals surface area contributed by atoms with Crippen molar-refractivity contribution < 1.29 is 14.3 Å². The summed E-state index contributed by atoms with van der Waals surface area (Å²) in [5, 5.41) is 12.8. The van der Waals surface area contributed by atoms with Gasteiger partial charge in [0.1, 0.15) is 17.6 Å². The van der Waals surface area contributed by atoms with Gasteiger partial charge in [-0.15, -0.1) is 0 Å². The predicted octanol–water partition coefficient (Wildman–Crippen LogP) is 4.11.